The molecule has 28 heavy (non-hydrogen) atoms. The van der Waals surface area contributed by atoms with Crippen LogP contribution in [0, 0.1) is 0 Å². The number of carbonyl (C=O) groups excluding carboxylic acids is 1. The van der Waals surface area contributed by atoms with Crippen molar-refractivity contribution in [3.63, 3.8) is 0 Å². The molecule has 3 rings (SSSR count). The summed E-state index contributed by atoms with van der Waals surface area (Å²) in [6, 6.07) is 11.0. The first-order valence-electron chi connectivity index (χ1n) is 9.09. The van der Waals surface area contributed by atoms with E-state index in [2.05, 4.69) is 0 Å². The van der Waals surface area contributed by atoms with Crippen LogP contribution in [0.1, 0.15) is 29.3 Å². The number of sulfone groups is 1. The molecule has 0 bridgehead atoms. The second kappa shape index (κ2) is 8.22. The molecule has 0 unspecified atom stereocenters. The van der Waals surface area contributed by atoms with E-state index in [-0.39, 0.29) is 11.9 Å². The summed E-state index contributed by atoms with van der Waals surface area (Å²) in [7, 11) is -1.63. The monoisotopic (exact) mass is 404 g/mol. The fourth-order valence-electron chi connectivity index (χ4n) is 3.26. The van der Waals surface area contributed by atoms with Gasteiger partial charge in [0, 0.05) is 18.2 Å². The molecule has 2 aromatic carbocycles. The third-order valence-corrected chi connectivity index (χ3v) is 5.56. The average Bonchev–Trinajstić information content (AvgIpc) is 2.78. The van der Waals surface area contributed by atoms with E-state index >= 15 is 0 Å². The minimum atomic E-state index is -2.99. The molecule has 0 radical (unpaired) electrons. The topological polar surface area (TPSA) is 78.9 Å². The Hall–Kier alpha value is -2.54. The maximum absolute atomic E-state index is 11.9. The van der Waals surface area contributed by atoms with Crippen molar-refractivity contribution in [3.05, 3.63) is 47.5 Å². The summed E-state index contributed by atoms with van der Waals surface area (Å²) in [4.78, 5) is 11.9. The van der Waals surface area contributed by atoms with Crippen LogP contribution in [0.3, 0.4) is 0 Å². The van der Waals surface area contributed by atoms with Gasteiger partial charge in [-0.05, 0) is 54.8 Å². The van der Waals surface area contributed by atoms with E-state index in [0.29, 0.717) is 30.8 Å². The Balaban J connectivity index is 1.87. The van der Waals surface area contributed by atoms with Crippen LogP contribution in [0.15, 0.2) is 36.4 Å². The van der Waals surface area contributed by atoms with Crippen LogP contribution in [0.4, 0.5) is 0 Å². The Morgan fingerprint density at radius 2 is 1.96 bits per heavy atom. The molecule has 0 N–H and O–H groups in total. The van der Waals surface area contributed by atoms with Crippen molar-refractivity contribution in [1.82, 2.24) is 0 Å². The van der Waals surface area contributed by atoms with Crippen LogP contribution in [-0.2, 0) is 21.0 Å². The highest BCUT2D eigenvalue weighted by atomic mass is 32.2. The molecular weight excluding hydrogens is 380 g/mol. The smallest absolute Gasteiger partial charge is 0.337 e. The van der Waals surface area contributed by atoms with Crippen molar-refractivity contribution in [3.8, 4) is 22.6 Å². The molecule has 0 aliphatic carbocycles. The molecule has 1 aliphatic heterocycles. The van der Waals surface area contributed by atoms with E-state index in [4.69, 9.17) is 14.2 Å². The molecule has 6 nitrogen and oxygen atoms in total. The maximum atomic E-state index is 11.9. The lowest BCUT2D eigenvalue weighted by atomic mass is 9.95. The van der Waals surface area contributed by atoms with Gasteiger partial charge in [-0.25, -0.2) is 13.2 Å². The van der Waals surface area contributed by atoms with Gasteiger partial charge in [0.15, 0.2) is 0 Å². The molecule has 1 atom stereocenters. The Labute approximate surface area is 165 Å². The van der Waals surface area contributed by atoms with Crippen molar-refractivity contribution in [2.75, 3.05) is 25.7 Å². The van der Waals surface area contributed by atoms with Crippen LogP contribution < -0.4 is 9.47 Å². The molecule has 0 aromatic heterocycles. The predicted molar refractivity (Wildman–Crippen MR) is 107 cm³/mol. The number of esters is 1. The number of rotatable bonds is 6. The summed E-state index contributed by atoms with van der Waals surface area (Å²) >= 11 is 0. The van der Waals surface area contributed by atoms with E-state index in [1.54, 1.807) is 18.2 Å². The van der Waals surface area contributed by atoms with E-state index in [1.165, 1.54) is 13.4 Å². The molecule has 0 saturated carbocycles. The number of benzene rings is 2. The van der Waals surface area contributed by atoms with Crippen molar-refractivity contribution in [1.29, 1.82) is 0 Å². The highest BCUT2D eigenvalue weighted by molar-refractivity contribution is 7.90. The second-order valence-electron chi connectivity index (χ2n) is 6.99. The van der Waals surface area contributed by atoms with Crippen molar-refractivity contribution in [2.24, 2.45) is 0 Å². The highest BCUT2D eigenvalue weighted by Gasteiger charge is 2.22. The summed E-state index contributed by atoms with van der Waals surface area (Å²) in [5.74, 6) is 1.12. The number of hydrogen-bond donors (Lipinski definition) is 0. The standard InChI is InChI=1S/C21H24O6S/c1-14-11-16-12-17(26-9-4-10-28(3,23)24)6-7-18(16)19-13-15(21(22)25-2)5-8-20(19)27-14/h5-8,12-14H,4,9-11H2,1-3H3/t14-/m1/s1. The predicted octanol–water partition coefficient (Wildman–Crippen LogP) is 3.28. The maximum Gasteiger partial charge on any atom is 0.337 e. The molecule has 0 fully saturated rings. The van der Waals surface area contributed by atoms with Crippen LogP contribution in [0.5, 0.6) is 11.5 Å². The van der Waals surface area contributed by atoms with Crippen molar-refractivity contribution >= 4 is 15.8 Å². The average molecular weight is 404 g/mol. The van der Waals surface area contributed by atoms with Crippen molar-refractivity contribution in [2.45, 2.75) is 25.9 Å². The fourth-order valence-corrected chi connectivity index (χ4v) is 3.90. The Bertz CT molecular complexity index is 980. The molecule has 150 valence electrons. The summed E-state index contributed by atoms with van der Waals surface area (Å²) in [6.45, 7) is 2.33. The zero-order chi connectivity index (χ0) is 20.3. The number of ether oxygens (including phenoxy) is 3. The summed E-state index contributed by atoms with van der Waals surface area (Å²) in [6.07, 6.45) is 2.32. The second-order valence-corrected chi connectivity index (χ2v) is 9.25. The lowest BCUT2D eigenvalue weighted by molar-refractivity contribution is 0.0600. The normalized spacial score (nSPS) is 15.6. The molecule has 1 aliphatic rings. The summed E-state index contributed by atoms with van der Waals surface area (Å²) in [5.41, 5.74) is 3.33. The molecule has 1 heterocycles. The van der Waals surface area contributed by atoms with Gasteiger partial charge in [-0.1, -0.05) is 6.07 Å². The molecule has 7 heteroatoms. The molecule has 0 spiro atoms. The molecule has 0 amide bonds. The first kappa shape index (κ1) is 20.2. The fraction of sp³-hybridized carbons (Fsp3) is 0.381. The third-order valence-electron chi connectivity index (χ3n) is 4.53. The quantitative estimate of drug-likeness (QED) is 0.543. The minimum Gasteiger partial charge on any atom is -0.494 e. The lowest BCUT2D eigenvalue weighted by Crippen LogP contribution is -2.13. The SMILES string of the molecule is COC(=O)c1ccc2c(c1)-c1ccc(OCCCS(C)(=O)=O)cc1C[C@@H](C)O2. The van der Waals surface area contributed by atoms with Crippen LogP contribution in [0.2, 0.25) is 0 Å². The molecule has 2 aromatic rings. The number of hydrogen-bond acceptors (Lipinski definition) is 6. The summed E-state index contributed by atoms with van der Waals surface area (Å²) in [5, 5.41) is 0. The van der Waals surface area contributed by atoms with Gasteiger partial charge in [0.25, 0.3) is 0 Å². The van der Waals surface area contributed by atoms with E-state index in [9.17, 15) is 13.2 Å². The van der Waals surface area contributed by atoms with Gasteiger partial charge in [0.05, 0.1) is 31.1 Å². The van der Waals surface area contributed by atoms with E-state index in [1.807, 2.05) is 25.1 Å². The lowest BCUT2D eigenvalue weighted by Gasteiger charge is -2.13. The molecule has 0 saturated heterocycles. The van der Waals surface area contributed by atoms with Gasteiger partial charge >= 0.3 is 5.97 Å². The molecular formula is C21H24O6S. The van der Waals surface area contributed by atoms with Gasteiger partial charge < -0.3 is 14.2 Å². The Morgan fingerprint density at radius 1 is 1.18 bits per heavy atom. The van der Waals surface area contributed by atoms with Crippen LogP contribution in [0.25, 0.3) is 11.1 Å². The zero-order valence-corrected chi connectivity index (χ0v) is 17.0. The number of fused-ring (bicyclic) bond motifs is 3. The van der Waals surface area contributed by atoms with E-state index < -0.39 is 15.8 Å². The third kappa shape index (κ3) is 4.84. The zero-order valence-electron chi connectivity index (χ0n) is 16.2. The largest absolute Gasteiger partial charge is 0.494 e. The first-order valence-corrected chi connectivity index (χ1v) is 11.2. The minimum absolute atomic E-state index is 0.0375. The van der Waals surface area contributed by atoms with Gasteiger partial charge in [-0.2, -0.15) is 0 Å². The first-order chi connectivity index (χ1) is 13.3. The van der Waals surface area contributed by atoms with Gasteiger partial charge in [0.2, 0.25) is 0 Å². The Morgan fingerprint density at radius 3 is 2.68 bits per heavy atom. The van der Waals surface area contributed by atoms with Crippen molar-refractivity contribution < 1.29 is 27.4 Å². The van der Waals surface area contributed by atoms with E-state index in [0.717, 1.165) is 22.4 Å². The van der Waals surface area contributed by atoms with Gasteiger partial charge in [-0.3, -0.25) is 0 Å². The Kier molecular flexibility index (Phi) is 5.93. The van der Waals surface area contributed by atoms with Crippen LogP contribution in [-0.4, -0.2) is 46.2 Å². The summed E-state index contributed by atoms with van der Waals surface area (Å²) < 4.78 is 39.0. The van der Waals surface area contributed by atoms with Crippen LogP contribution >= 0.6 is 0 Å². The van der Waals surface area contributed by atoms with Gasteiger partial charge in [-0.15, -0.1) is 0 Å². The number of carbonyl (C=O) groups is 1. The van der Waals surface area contributed by atoms with Gasteiger partial charge in [0.1, 0.15) is 21.3 Å². The number of methoxy groups -OCH3 is 1. The highest BCUT2D eigenvalue weighted by Crippen LogP contribution is 2.39.